The number of nitrogens with zero attached hydrogens (tertiary/aromatic N) is 2. The van der Waals surface area contributed by atoms with Crippen LogP contribution in [0.1, 0.15) is 34.1 Å². The Hall–Kier alpha value is -3.74. The van der Waals surface area contributed by atoms with Crippen molar-refractivity contribution >= 4 is 29.4 Å². The first kappa shape index (κ1) is 19.0. The molecule has 3 rings (SSSR count). The lowest BCUT2D eigenvalue weighted by atomic mass is 10.2. The molecule has 28 heavy (non-hydrogen) atoms. The third-order valence-electron chi connectivity index (χ3n) is 3.82. The zero-order valence-electron chi connectivity index (χ0n) is 15.5. The minimum absolute atomic E-state index is 0.110. The van der Waals surface area contributed by atoms with Crippen LogP contribution in [0.2, 0.25) is 0 Å². The lowest BCUT2D eigenvalue weighted by Crippen LogP contribution is -2.18. The summed E-state index contributed by atoms with van der Waals surface area (Å²) in [6.07, 6.45) is 0.904. The second-order valence-corrected chi connectivity index (χ2v) is 6.03. The fourth-order valence-electron chi connectivity index (χ4n) is 2.45. The van der Waals surface area contributed by atoms with Crippen molar-refractivity contribution < 1.29 is 9.59 Å². The van der Waals surface area contributed by atoms with Crippen LogP contribution in [0.5, 0.6) is 0 Å². The number of hydrogen-bond acceptors (Lipinski definition) is 5. The van der Waals surface area contributed by atoms with Crippen LogP contribution in [-0.4, -0.2) is 28.3 Å². The van der Waals surface area contributed by atoms with Crippen molar-refractivity contribution in [3.8, 4) is 0 Å². The van der Waals surface area contributed by atoms with Gasteiger partial charge in [-0.1, -0.05) is 43.3 Å². The number of amides is 2. The molecule has 0 atom stereocenters. The molecule has 0 aliphatic rings. The molecule has 0 bridgehead atoms. The maximum absolute atomic E-state index is 12.4. The van der Waals surface area contributed by atoms with E-state index in [1.165, 1.54) is 0 Å². The molecule has 0 saturated carbocycles. The van der Waals surface area contributed by atoms with Crippen molar-refractivity contribution in [2.45, 2.75) is 13.3 Å². The molecule has 142 valence electrons. The van der Waals surface area contributed by atoms with E-state index in [0.29, 0.717) is 29.3 Å². The largest absolute Gasteiger partial charge is 0.370 e. The summed E-state index contributed by atoms with van der Waals surface area (Å²) < 4.78 is 0. The van der Waals surface area contributed by atoms with Gasteiger partial charge in [0.15, 0.2) is 0 Å². The Morgan fingerprint density at radius 2 is 1.32 bits per heavy atom. The van der Waals surface area contributed by atoms with Gasteiger partial charge in [0, 0.05) is 23.7 Å². The average molecular weight is 375 g/mol. The number of hydrogen-bond donors (Lipinski definition) is 3. The predicted octanol–water partition coefficient (Wildman–Crippen LogP) is 3.80. The van der Waals surface area contributed by atoms with Crippen LogP contribution in [-0.2, 0) is 0 Å². The first-order chi connectivity index (χ1) is 13.7. The first-order valence-corrected chi connectivity index (χ1v) is 9.01. The Morgan fingerprint density at radius 1 is 0.786 bits per heavy atom. The predicted molar refractivity (Wildman–Crippen MR) is 110 cm³/mol. The van der Waals surface area contributed by atoms with Gasteiger partial charge in [-0.3, -0.25) is 14.9 Å². The number of carbonyl (C=O) groups excluding carboxylic acids is 2. The fourth-order valence-corrected chi connectivity index (χ4v) is 2.45. The Balaban J connectivity index is 1.82. The molecule has 0 saturated heterocycles. The van der Waals surface area contributed by atoms with Gasteiger partial charge in [0.25, 0.3) is 11.8 Å². The smallest absolute Gasteiger partial charge is 0.258 e. The number of anilines is 3. The second kappa shape index (κ2) is 9.27. The number of nitrogens with one attached hydrogen (secondary N) is 3. The summed E-state index contributed by atoms with van der Waals surface area (Å²) in [5.74, 6) is 0.308. The van der Waals surface area contributed by atoms with Crippen molar-refractivity contribution in [1.82, 2.24) is 9.97 Å². The molecule has 0 aliphatic heterocycles. The Morgan fingerprint density at radius 3 is 1.89 bits per heavy atom. The SMILES string of the molecule is CCCNc1cc(NC(=O)c2ccccc2)nc(NC(=O)c2ccccc2)n1. The fraction of sp³-hybridized carbons (Fsp3) is 0.143. The van der Waals surface area contributed by atoms with Crippen LogP contribution in [0.15, 0.2) is 66.7 Å². The van der Waals surface area contributed by atoms with Gasteiger partial charge >= 0.3 is 0 Å². The van der Waals surface area contributed by atoms with Gasteiger partial charge in [-0.2, -0.15) is 9.97 Å². The first-order valence-electron chi connectivity index (χ1n) is 9.01. The summed E-state index contributed by atoms with van der Waals surface area (Å²) in [6, 6.07) is 19.3. The highest BCUT2D eigenvalue weighted by Crippen LogP contribution is 2.16. The van der Waals surface area contributed by atoms with E-state index in [-0.39, 0.29) is 17.8 Å². The third kappa shape index (κ3) is 5.14. The molecule has 3 N–H and O–H groups in total. The Kier molecular flexibility index (Phi) is 6.30. The minimum Gasteiger partial charge on any atom is -0.370 e. The molecule has 1 heterocycles. The van der Waals surface area contributed by atoms with Gasteiger partial charge in [-0.15, -0.1) is 0 Å². The molecule has 2 amide bonds. The van der Waals surface area contributed by atoms with E-state index >= 15 is 0 Å². The summed E-state index contributed by atoms with van der Waals surface area (Å²) in [4.78, 5) is 33.4. The van der Waals surface area contributed by atoms with Crippen molar-refractivity contribution in [2.24, 2.45) is 0 Å². The van der Waals surface area contributed by atoms with Gasteiger partial charge < -0.3 is 10.6 Å². The summed E-state index contributed by atoms with van der Waals surface area (Å²) in [5.41, 5.74) is 1.01. The van der Waals surface area contributed by atoms with Crippen LogP contribution in [0.4, 0.5) is 17.6 Å². The molecule has 2 aromatic carbocycles. The average Bonchev–Trinajstić information content (AvgIpc) is 2.73. The van der Waals surface area contributed by atoms with E-state index in [9.17, 15) is 9.59 Å². The van der Waals surface area contributed by atoms with Gasteiger partial charge in [0.2, 0.25) is 5.95 Å². The van der Waals surface area contributed by atoms with Gasteiger partial charge in [-0.25, -0.2) is 0 Å². The molecule has 0 fully saturated rings. The monoisotopic (exact) mass is 375 g/mol. The molecule has 7 nitrogen and oxygen atoms in total. The molecule has 3 aromatic rings. The van der Waals surface area contributed by atoms with Gasteiger partial charge in [0.1, 0.15) is 11.6 Å². The third-order valence-corrected chi connectivity index (χ3v) is 3.82. The number of carbonyl (C=O) groups is 2. The van der Waals surface area contributed by atoms with Crippen molar-refractivity contribution in [2.75, 3.05) is 22.5 Å². The summed E-state index contributed by atoms with van der Waals surface area (Å²) in [5, 5.41) is 8.57. The molecule has 1 aromatic heterocycles. The van der Waals surface area contributed by atoms with Crippen LogP contribution in [0.3, 0.4) is 0 Å². The number of aromatic nitrogens is 2. The lowest BCUT2D eigenvalue weighted by Gasteiger charge is -2.11. The van der Waals surface area contributed by atoms with Crippen molar-refractivity contribution in [3.05, 3.63) is 77.9 Å². The van der Waals surface area contributed by atoms with Crippen LogP contribution < -0.4 is 16.0 Å². The minimum atomic E-state index is -0.325. The zero-order chi connectivity index (χ0) is 19.8. The van der Waals surface area contributed by atoms with Crippen LogP contribution >= 0.6 is 0 Å². The Bertz CT molecular complexity index is 874. The highest BCUT2D eigenvalue weighted by atomic mass is 16.2. The van der Waals surface area contributed by atoms with Gasteiger partial charge in [-0.05, 0) is 30.7 Å². The molecule has 0 radical (unpaired) electrons. The van der Waals surface area contributed by atoms with Crippen molar-refractivity contribution in [3.63, 3.8) is 0 Å². The van der Waals surface area contributed by atoms with E-state index in [0.717, 1.165) is 6.42 Å². The Labute approximate surface area is 163 Å². The van der Waals surface area contributed by atoms with E-state index in [4.69, 9.17) is 0 Å². The summed E-state index contributed by atoms with van der Waals surface area (Å²) in [6.45, 7) is 2.74. The highest BCUT2D eigenvalue weighted by molar-refractivity contribution is 6.05. The maximum atomic E-state index is 12.4. The molecular weight excluding hydrogens is 354 g/mol. The van der Waals surface area contributed by atoms with Gasteiger partial charge in [0.05, 0.1) is 0 Å². The van der Waals surface area contributed by atoms with E-state index in [1.54, 1.807) is 54.6 Å². The van der Waals surface area contributed by atoms with Crippen molar-refractivity contribution in [1.29, 1.82) is 0 Å². The maximum Gasteiger partial charge on any atom is 0.258 e. The zero-order valence-corrected chi connectivity index (χ0v) is 15.5. The standard InChI is InChI=1S/C21H21N5O2/c1-2-13-22-17-14-18(23-19(27)15-9-5-3-6-10-15)25-21(24-17)26-20(28)16-11-7-4-8-12-16/h3-12,14H,2,13H2,1H3,(H3,22,23,24,25,26,27,28). The summed E-state index contributed by atoms with van der Waals surface area (Å²) in [7, 11) is 0. The lowest BCUT2D eigenvalue weighted by molar-refractivity contribution is 0.101. The van der Waals surface area contributed by atoms with Crippen LogP contribution in [0, 0.1) is 0 Å². The summed E-state index contributed by atoms with van der Waals surface area (Å²) >= 11 is 0. The second-order valence-electron chi connectivity index (χ2n) is 6.03. The molecular formula is C21H21N5O2. The molecule has 0 unspecified atom stereocenters. The number of rotatable bonds is 7. The van der Waals surface area contributed by atoms with E-state index in [1.807, 2.05) is 19.1 Å². The molecule has 7 heteroatoms. The van der Waals surface area contributed by atoms with E-state index < -0.39 is 0 Å². The quantitative estimate of drug-likeness (QED) is 0.584. The van der Waals surface area contributed by atoms with Crippen LogP contribution in [0.25, 0.3) is 0 Å². The topological polar surface area (TPSA) is 96.0 Å². The normalized spacial score (nSPS) is 10.2. The molecule has 0 aliphatic carbocycles. The molecule has 0 spiro atoms. The highest BCUT2D eigenvalue weighted by Gasteiger charge is 2.12. The van der Waals surface area contributed by atoms with E-state index in [2.05, 4.69) is 25.9 Å². The number of benzene rings is 2.